The Balaban J connectivity index is 1.49. The highest BCUT2D eigenvalue weighted by Crippen LogP contribution is 2.26. The largest absolute Gasteiger partial charge is 0.361 e. The predicted octanol–water partition coefficient (Wildman–Crippen LogP) is 1.98. The van der Waals surface area contributed by atoms with E-state index in [0.29, 0.717) is 20.4 Å². The first kappa shape index (κ1) is 17.4. The van der Waals surface area contributed by atoms with E-state index in [1.807, 2.05) is 0 Å². The van der Waals surface area contributed by atoms with Gasteiger partial charge >= 0.3 is 0 Å². The molecule has 0 aliphatic carbocycles. The number of nitrogens with zero attached hydrogens (tertiary/aromatic N) is 5. The summed E-state index contributed by atoms with van der Waals surface area (Å²) in [6.45, 7) is 3.50. The molecule has 0 bridgehead atoms. The SMILES string of the molecule is Cc1cc(C(=O)Nc2nnc(SCC(=O)Nc3nnc(C)s3)s2)no1. The van der Waals surface area contributed by atoms with E-state index in [1.54, 1.807) is 13.8 Å². The number of aryl methyl sites for hydroxylation is 2. The first-order valence-corrected chi connectivity index (χ1v) is 9.42. The van der Waals surface area contributed by atoms with Gasteiger partial charge in [-0.25, -0.2) is 0 Å². The molecule has 0 saturated heterocycles. The molecule has 0 spiro atoms. The van der Waals surface area contributed by atoms with Crippen LogP contribution in [0.5, 0.6) is 0 Å². The second kappa shape index (κ2) is 7.67. The van der Waals surface area contributed by atoms with Crippen molar-refractivity contribution in [2.45, 2.75) is 18.2 Å². The molecule has 0 fully saturated rings. The summed E-state index contributed by atoms with van der Waals surface area (Å²) in [6.07, 6.45) is 0. The standard InChI is InChI=1S/C12H11N7O3S3/c1-5-3-7(19-22-5)9(21)14-11-17-18-12(25-11)23-4-8(20)13-10-16-15-6(2)24-10/h3H,4H2,1-2H3,(H,13,16,20)(H,14,17,21). The molecule has 0 unspecified atom stereocenters. The number of hydrogen-bond acceptors (Lipinski definition) is 11. The fourth-order valence-corrected chi connectivity index (χ4v) is 3.74. The lowest BCUT2D eigenvalue weighted by Gasteiger charge is -1.98. The van der Waals surface area contributed by atoms with E-state index in [4.69, 9.17) is 4.52 Å². The number of nitrogens with one attached hydrogen (secondary N) is 2. The monoisotopic (exact) mass is 397 g/mol. The Kier molecular flexibility index (Phi) is 5.35. The summed E-state index contributed by atoms with van der Waals surface area (Å²) in [5, 5.41) is 25.8. The third-order valence-corrected chi connectivity index (χ3v) is 5.31. The van der Waals surface area contributed by atoms with E-state index in [0.717, 1.165) is 16.3 Å². The molecule has 0 aromatic carbocycles. The van der Waals surface area contributed by atoms with Crippen LogP contribution in [0, 0.1) is 13.8 Å². The van der Waals surface area contributed by atoms with Crippen molar-refractivity contribution in [1.82, 2.24) is 25.6 Å². The van der Waals surface area contributed by atoms with Gasteiger partial charge in [-0.1, -0.05) is 39.6 Å². The van der Waals surface area contributed by atoms with Gasteiger partial charge in [0.25, 0.3) is 5.91 Å². The predicted molar refractivity (Wildman–Crippen MR) is 93.1 cm³/mol. The van der Waals surface area contributed by atoms with Gasteiger partial charge in [-0.05, 0) is 13.8 Å². The first-order valence-electron chi connectivity index (χ1n) is 6.80. The zero-order valence-electron chi connectivity index (χ0n) is 13.0. The minimum absolute atomic E-state index is 0.143. The molecule has 0 atom stereocenters. The average molecular weight is 397 g/mol. The maximum atomic E-state index is 11.9. The maximum Gasteiger partial charge on any atom is 0.279 e. The van der Waals surface area contributed by atoms with Gasteiger partial charge in [0.1, 0.15) is 10.8 Å². The van der Waals surface area contributed by atoms with Crippen LogP contribution in [0.15, 0.2) is 14.9 Å². The second-order valence-electron chi connectivity index (χ2n) is 4.61. The van der Waals surface area contributed by atoms with Crippen LogP contribution in [0.25, 0.3) is 0 Å². The van der Waals surface area contributed by atoms with Crippen LogP contribution >= 0.6 is 34.4 Å². The summed E-state index contributed by atoms with van der Waals surface area (Å²) in [5.41, 5.74) is 0.161. The van der Waals surface area contributed by atoms with Gasteiger partial charge in [0.05, 0.1) is 5.75 Å². The van der Waals surface area contributed by atoms with E-state index < -0.39 is 5.91 Å². The Morgan fingerprint density at radius 1 is 1.12 bits per heavy atom. The lowest BCUT2D eigenvalue weighted by atomic mass is 10.4. The zero-order valence-corrected chi connectivity index (χ0v) is 15.4. The molecule has 130 valence electrons. The van der Waals surface area contributed by atoms with Crippen LogP contribution < -0.4 is 10.6 Å². The smallest absolute Gasteiger partial charge is 0.279 e. The Bertz CT molecular complexity index is 903. The second-order valence-corrected chi connectivity index (χ2v) is 7.99. The van der Waals surface area contributed by atoms with Gasteiger partial charge in [0.15, 0.2) is 10.0 Å². The fraction of sp³-hybridized carbons (Fsp3) is 0.250. The maximum absolute atomic E-state index is 11.9. The van der Waals surface area contributed by atoms with Crippen molar-refractivity contribution in [3.8, 4) is 0 Å². The third kappa shape index (κ3) is 4.80. The molecule has 2 N–H and O–H groups in total. The summed E-state index contributed by atoms with van der Waals surface area (Å²) in [4.78, 5) is 23.8. The van der Waals surface area contributed by atoms with Gasteiger partial charge in [0.2, 0.25) is 16.2 Å². The van der Waals surface area contributed by atoms with Gasteiger partial charge in [0, 0.05) is 6.07 Å². The van der Waals surface area contributed by atoms with Crippen molar-refractivity contribution < 1.29 is 14.1 Å². The molecule has 0 aliphatic rings. The molecular formula is C12H11N7O3S3. The van der Waals surface area contributed by atoms with Crippen LogP contribution in [0.1, 0.15) is 21.3 Å². The Hall–Kier alpha value is -2.38. The van der Waals surface area contributed by atoms with Crippen molar-refractivity contribution >= 4 is 56.5 Å². The molecule has 2 amide bonds. The Morgan fingerprint density at radius 3 is 2.56 bits per heavy atom. The van der Waals surface area contributed by atoms with E-state index in [9.17, 15) is 9.59 Å². The molecule has 13 heteroatoms. The topological polar surface area (TPSA) is 136 Å². The van der Waals surface area contributed by atoms with Crippen molar-refractivity contribution in [3.63, 3.8) is 0 Å². The average Bonchev–Trinajstić information content (AvgIpc) is 3.28. The summed E-state index contributed by atoms with van der Waals surface area (Å²) >= 11 is 3.66. The lowest BCUT2D eigenvalue weighted by molar-refractivity contribution is -0.113. The molecule has 0 radical (unpaired) electrons. The van der Waals surface area contributed by atoms with Crippen molar-refractivity contribution in [2.75, 3.05) is 16.4 Å². The van der Waals surface area contributed by atoms with Crippen LogP contribution in [-0.2, 0) is 4.79 Å². The van der Waals surface area contributed by atoms with Crippen molar-refractivity contribution in [3.05, 3.63) is 22.5 Å². The Labute approximate surface area is 153 Å². The van der Waals surface area contributed by atoms with Crippen molar-refractivity contribution in [1.29, 1.82) is 0 Å². The van der Waals surface area contributed by atoms with Gasteiger partial charge in [-0.15, -0.1) is 20.4 Å². The molecule has 3 heterocycles. The number of rotatable bonds is 6. The highest BCUT2D eigenvalue weighted by atomic mass is 32.2. The highest BCUT2D eigenvalue weighted by Gasteiger charge is 2.15. The minimum atomic E-state index is -0.436. The third-order valence-electron chi connectivity index (χ3n) is 2.59. The van der Waals surface area contributed by atoms with Crippen LogP contribution in [0.2, 0.25) is 0 Å². The number of thioether (sulfide) groups is 1. The summed E-state index contributed by atoms with van der Waals surface area (Å²) in [5.74, 6) is 0.0215. The van der Waals surface area contributed by atoms with Crippen LogP contribution in [-0.4, -0.2) is 43.1 Å². The van der Waals surface area contributed by atoms with E-state index in [-0.39, 0.29) is 17.4 Å². The van der Waals surface area contributed by atoms with Crippen molar-refractivity contribution in [2.24, 2.45) is 0 Å². The lowest BCUT2D eigenvalue weighted by Crippen LogP contribution is -2.13. The van der Waals surface area contributed by atoms with E-state index in [1.165, 1.54) is 29.2 Å². The summed E-state index contributed by atoms with van der Waals surface area (Å²) in [7, 11) is 0. The number of anilines is 2. The molecule has 3 aromatic heterocycles. The number of carbonyl (C=O) groups excluding carboxylic acids is 2. The number of aromatic nitrogens is 5. The van der Waals surface area contributed by atoms with Crippen LogP contribution in [0.3, 0.4) is 0 Å². The molecular weight excluding hydrogens is 386 g/mol. The molecule has 3 rings (SSSR count). The van der Waals surface area contributed by atoms with Crippen LogP contribution in [0.4, 0.5) is 10.3 Å². The van der Waals surface area contributed by atoms with Gasteiger partial charge in [-0.3, -0.25) is 20.2 Å². The fourth-order valence-electron chi connectivity index (χ4n) is 1.58. The number of amides is 2. The van der Waals surface area contributed by atoms with E-state index in [2.05, 4.69) is 36.2 Å². The Morgan fingerprint density at radius 2 is 1.88 bits per heavy atom. The zero-order chi connectivity index (χ0) is 17.8. The molecule has 3 aromatic rings. The molecule has 10 nitrogen and oxygen atoms in total. The molecule has 25 heavy (non-hydrogen) atoms. The first-order chi connectivity index (χ1) is 12.0. The van der Waals surface area contributed by atoms with E-state index >= 15 is 0 Å². The number of hydrogen-bond donors (Lipinski definition) is 2. The quantitative estimate of drug-likeness (QED) is 0.472. The summed E-state index contributed by atoms with van der Waals surface area (Å²) in [6, 6.07) is 1.52. The molecule has 0 aliphatic heterocycles. The van der Waals surface area contributed by atoms with Gasteiger partial charge < -0.3 is 4.52 Å². The number of carbonyl (C=O) groups is 2. The highest BCUT2D eigenvalue weighted by molar-refractivity contribution is 8.01. The van der Waals surface area contributed by atoms with Gasteiger partial charge in [-0.2, -0.15) is 0 Å². The summed E-state index contributed by atoms with van der Waals surface area (Å²) < 4.78 is 5.39. The normalized spacial score (nSPS) is 10.6. The molecule has 0 saturated carbocycles. The minimum Gasteiger partial charge on any atom is -0.361 e.